The van der Waals surface area contributed by atoms with E-state index >= 15 is 0 Å². The van der Waals surface area contributed by atoms with Gasteiger partial charge in [0.1, 0.15) is 0 Å². The van der Waals surface area contributed by atoms with Crippen molar-refractivity contribution >= 4 is 5.91 Å². The minimum atomic E-state index is 0. The molecule has 0 aromatic carbocycles. The van der Waals surface area contributed by atoms with E-state index in [1.807, 2.05) is 0 Å². The molecule has 0 saturated carbocycles. The summed E-state index contributed by atoms with van der Waals surface area (Å²) in [6, 6.07) is 0. The first-order valence-electron chi connectivity index (χ1n) is 3.87. The number of unbranched alkanes of at least 4 members (excludes halogenated alkanes) is 1. The molecule has 0 heterocycles. The van der Waals surface area contributed by atoms with Crippen LogP contribution in [0, 0.1) is 0 Å². The van der Waals surface area contributed by atoms with Crippen LogP contribution in [0.15, 0.2) is 0 Å². The Balaban J connectivity index is -0.000000405. The van der Waals surface area contributed by atoms with Crippen molar-refractivity contribution in [1.29, 1.82) is 0 Å². The minimum absolute atomic E-state index is 0. The van der Waals surface area contributed by atoms with Gasteiger partial charge in [0.15, 0.2) is 0 Å². The van der Waals surface area contributed by atoms with Gasteiger partial charge in [-0.1, -0.05) is 20.8 Å². The molecule has 0 aliphatic carbocycles. The number of hydrogen-bond acceptors (Lipinski definition) is 1. The standard InChI is InChI=1S/C7H16N2O.CH4.ClH/c1-2-3-4-7(10)9-6-5-8;;/h2-6,8H2,1H3,(H,9,10);1H4;1H. The third-order valence-electron chi connectivity index (χ3n) is 1.26. The minimum Gasteiger partial charge on any atom is -1.00 e. The molecular formula is C8H21ClN2O. The van der Waals surface area contributed by atoms with Crippen LogP contribution in [0.2, 0.25) is 0 Å². The second kappa shape index (κ2) is 13.3. The van der Waals surface area contributed by atoms with Crippen LogP contribution in [-0.2, 0) is 4.79 Å². The Morgan fingerprint density at radius 3 is 2.50 bits per heavy atom. The molecule has 4 N–H and O–H groups in total. The molecule has 0 aromatic heterocycles. The Labute approximate surface area is 81.5 Å². The van der Waals surface area contributed by atoms with Crippen LogP contribution in [0.25, 0.3) is 0 Å². The third-order valence-corrected chi connectivity index (χ3v) is 1.26. The number of carbonyl (C=O) groups is 1. The molecular weight excluding hydrogens is 176 g/mol. The molecule has 76 valence electrons. The van der Waals surface area contributed by atoms with Crippen LogP contribution in [0.4, 0.5) is 0 Å². The lowest BCUT2D eigenvalue weighted by Gasteiger charge is -1.99. The van der Waals surface area contributed by atoms with Crippen molar-refractivity contribution in [1.82, 2.24) is 5.32 Å². The second-order valence-corrected chi connectivity index (χ2v) is 2.31. The highest BCUT2D eigenvalue weighted by molar-refractivity contribution is 5.75. The quantitative estimate of drug-likeness (QED) is 0.490. The monoisotopic (exact) mass is 196 g/mol. The summed E-state index contributed by atoms with van der Waals surface area (Å²) < 4.78 is 0. The normalized spacial score (nSPS) is 7.83. The van der Waals surface area contributed by atoms with Crippen molar-refractivity contribution in [2.24, 2.45) is 0 Å². The number of halogens is 1. The highest BCUT2D eigenvalue weighted by Crippen LogP contribution is 1.91. The van der Waals surface area contributed by atoms with E-state index in [-0.39, 0.29) is 25.7 Å². The molecule has 0 atom stereocenters. The molecule has 0 aliphatic heterocycles. The van der Waals surface area contributed by atoms with Gasteiger partial charge in [0.05, 0.1) is 13.1 Å². The van der Waals surface area contributed by atoms with E-state index in [9.17, 15) is 4.79 Å². The molecule has 0 aliphatic rings. The first kappa shape index (κ1) is 17.7. The van der Waals surface area contributed by atoms with Gasteiger partial charge in [0, 0.05) is 6.42 Å². The fourth-order valence-corrected chi connectivity index (χ4v) is 0.654. The second-order valence-electron chi connectivity index (χ2n) is 2.31. The van der Waals surface area contributed by atoms with Gasteiger partial charge < -0.3 is 23.5 Å². The highest BCUT2D eigenvalue weighted by Gasteiger charge is 1.97. The molecule has 12 heavy (non-hydrogen) atoms. The van der Waals surface area contributed by atoms with Gasteiger partial charge in [0.25, 0.3) is 0 Å². The average Bonchev–Trinajstić information content (AvgIpc) is 1.97. The van der Waals surface area contributed by atoms with Gasteiger partial charge in [0.2, 0.25) is 5.91 Å². The summed E-state index contributed by atoms with van der Waals surface area (Å²) in [6.45, 7) is 3.56. The van der Waals surface area contributed by atoms with E-state index in [4.69, 9.17) is 0 Å². The number of amides is 1. The van der Waals surface area contributed by atoms with E-state index in [2.05, 4.69) is 18.0 Å². The highest BCUT2D eigenvalue weighted by atomic mass is 35.5. The van der Waals surface area contributed by atoms with Gasteiger partial charge in [-0.05, 0) is 6.42 Å². The van der Waals surface area contributed by atoms with Crippen molar-refractivity contribution in [3.05, 3.63) is 0 Å². The van der Waals surface area contributed by atoms with Crippen LogP contribution < -0.4 is 23.5 Å². The van der Waals surface area contributed by atoms with E-state index in [1.54, 1.807) is 0 Å². The van der Waals surface area contributed by atoms with Gasteiger partial charge in [-0.3, -0.25) is 4.79 Å². The molecule has 0 fully saturated rings. The summed E-state index contributed by atoms with van der Waals surface area (Å²) in [6.07, 6.45) is 2.73. The molecule has 0 aromatic rings. The topological polar surface area (TPSA) is 56.7 Å². The fraction of sp³-hybridized carbons (Fsp3) is 0.875. The first-order chi connectivity index (χ1) is 4.81. The number of nitrogens with one attached hydrogen (secondary N) is 1. The lowest BCUT2D eigenvalue weighted by atomic mass is 10.2. The van der Waals surface area contributed by atoms with Gasteiger partial charge in [-0.15, -0.1) is 0 Å². The maximum absolute atomic E-state index is 10.8. The van der Waals surface area contributed by atoms with Gasteiger partial charge >= 0.3 is 0 Å². The Hall–Kier alpha value is -0.280. The van der Waals surface area contributed by atoms with Crippen LogP contribution >= 0.6 is 0 Å². The Morgan fingerprint density at radius 2 is 2.08 bits per heavy atom. The lowest BCUT2D eigenvalue weighted by Crippen LogP contribution is -3.00. The van der Waals surface area contributed by atoms with Crippen molar-refractivity contribution in [2.75, 3.05) is 13.1 Å². The SMILES string of the molecule is C.CCCCC(=O)NCC[NH3+].[Cl-]. The molecule has 4 heteroatoms. The third kappa shape index (κ3) is 12.4. The number of hydrogen-bond donors (Lipinski definition) is 2. The van der Waals surface area contributed by atoms with E-state index in [1.165, 1.54) is 0 Å². The Bertz CT molecular complexity index is 89.1. The molecule has 0 saturated heterocycles. The zero-order chi connectivity index (χ0) is 7.82. The van der Waals surface area contributed by atoms with Crippen molar-refractivity contribution in [3.8, 4) is 0 Å². The number of rotatable bonds is 5. The van der Waals surface area contributed by atoms with Gasteiger partial charge in [-0.2, -0.15) is 0 Å². The van der Waals surface area contributed by atoms with E-state index in [0.29, 0.717) is 13.0 Å². The maximum atomic E-state index is 10.8. The van der Waals surface area contributed by atoms with Crippen molar-refractivity contribution in [3.63, 3.8) is 0 Å². The zero-order valence-corrected chi connectivity index (χ0v) is 7.78. The van der Waals surface area contributed by atoms with Crippen molar-refractivity contribution in [2.45, 2.75) is 33.6 Å². The molecule has 1 amide bonds. The summed E-state index contributed by atoms with van der Waals surface area (Å²) in [5, 5.41) is 2.77. The molecule has 0 unspecified atom stereocenters. The predicted octanol–water partition coefficient (Wildman–Crippen LogP) is -2.83. The summed E-state index contributed by atoms with van der Waals surface area (Å²) in [7, 11) is 0. The molecule has 0 spiro atoms. The molecule has 0 rings (SSSR count). The number of carbonyl (C=O) groups excluding carboxylic acids is 1. The maximum Gasteiger partial charge on any atom is 0.220 e. The molecule has 3 nitrogen and oxygen atoms in total. The Kier molecular flexibility index (Phi) is 19.7. The first-order valence-corrected chi connectivity index (χ1v) is 3.87. The summed E-state index contributed by atoms with van der Waals surface area (Å²) in [5.74, 6) is 0.158. The lowest BCUT2D eigenvalue weighted by molar-refractivity contribution is -0.364. The van der Waals surface area contributed by atoms with E-state index < -0.39 is 0 Å². The van der Waals surface area contributed by atoms with Crippen LogP contribution in [-0.4, -0.2) is 19.0 Å². The average molecular weight is 197 g/mol. The number of quaternary nitrogens is 1. The molecule has 0 bridgehead atoms. The molecule has 0 radical (unpaired) electrons. The zero-order valence-electron chi connectivity index (χ0n) is 7.03. The summed E-state index contributed by atoms with van der Waals surface area (Å²) in [5.41, 5.74) is 3.62. The van der Waals surface area contributed by atoms with Crippen molar-refractivity contribution < 1.29 is 22.9 Å². The largest absolute Gasteiger partial charge is 1.00 e. The Morgan fingerprint density at radius 1 is 1.50 bits per heavy atom. The van der Waals surface area contributed by atoms with E-state index in [0.717, 1.165) is 19.4 Å². The predicted molar refractivity (Wildman–Crippen MR) is 47.0 cm³/mol. The fourth-order valence-electron chi connectivity index (χ4n) is 0.654. The summed E-state index contributed by atoms with van der Waals surface area (Å²) >= 11 is 0. The van der Waals surface area contributed by atoms with Crippen LogP contribution in [0.5, 0.6) is 0 Å². The summed E-state index contributed by atoms with van der Waals surface area (Å²) in [4.78, 5) is 10.8. The van der Waals surface area contributed by atoms with Crippen LogP contribution in [0.3, 0.4) is 0 Å². The van der Waals surface area contributed by atoms with Crippen LogP contribution in [0.1, 0.15) is 33.6 Å². The smallest absolute Gasteiger partial charge is 0.220 e. The van der Waals surface area contributed by atoms with Gasteiger partial charge in [-0.25, -0.2) is 0 Å².